The SMILES string of the molecule is CNC(=O)[C@@H](Cc1ccccc1)N(Cc1ccccc1Cl)C(=O)CN(c1cc(OC)ccc1OC)S(=O)(=O)c1ccccc1. The van der Waals surface area contributed by atoms with Gasteiger partial charge < -0.3 is 19.7 Å². The standard InChI is InChI=1S/C33H34ClN3O6S/c1-35-33(39)30(20-24-12-6-4-7-13-24)36(22-25-14-10-11-17-28(25)34)32(38)23-37(44(40,41)27-15-8-5-9-16-27)29-21-26(42-2)18-19-31(29)43-3/h4-19,21,30H,20,22-23H2,1-3H3,(H,35,39)/t30-/m1/s1. The Kier molecular flexibility index (Phi) is 10.9. The molecule has 0 radical (unpaired) electrons. The van der Waals surface area contributed by atoms with Gasteiger partial charge in [0.15, 0.2) is 0 Å². The molecule has 230 valence electrons. The molecule has 44 heavy (non-hydrogen) atoms. The maximum absolute atomic E-state index is 14.5. The van der Waals surface area contributed by atoms with Crippen LogP contribution in [0.2, 0.25) is 5.02 Å². The minimum absolute atomic E-state index is 0.0255. The number of carbonyl (C=O) groups is 2. The lowest BCUT2D eigenvalue weighted by atomic mass is 10.0. The second kappa shape index (κ2) is 14.8. The minimum atomic E-state index is -4.31. The molecule has 0 spiro atoms. The molecule has 0 fully saturated rings. The number of ether oxygens (including phenoxy) is 2. The smallest absolute Gasteiger partial charge is 0.264 e. The summed E-state index contributed by atoms with van der Waals surface area (Å²) in [5.41, 5.74) is 1.52. The molecule has 11 heteroatoms. The zero-order valence-electron chi connectivity index (χ0n) is 24.6. The highest BCUT2D eigenvalue weighted by atomic mass is 35.5. The number of halogens is 1. The summed E-state index contributed by atoms with van der Waals surface area (Å²) >= 11 is 6.50. The van der Waals surface area contributed by atoms with E-state index in [2.05, 4.69) is 5.32 Å². The molecule has 0 unspecified atom stereocenters. The van der Waals surface area contributed by atoms with Crippen molar-refractivity contribution in [3.8, 4) is 11.5 Å². The van der Waals surface area contributed by atoms with E-state index in [0.717, 1.165) is 9.87 Å². The van der Waals surface area contributed by atoms with E-state index in [4.69, 9.17) is 21.1 Å². The summed E-state index contributed by atoms with van der Waals surface area (Å²) in [6.07, 6.45) is 0.185. The van der Waals surface area contributed by atoms with Crippen molar-refractivity contribution >= 4 is 39.1 Å². The van der Waals surface area contributed by atoms with Gasteiger partial charge in [-0.1, -0.05) is 78.3 Å². The molecule has 0 aliphatic rings. The molecule has 0 aliphatic carbocycles. The van der Waals surface area contributed by atoms with Crippen LogP contribution < -0.4 is 19.1 Å². The van der Waals surface area contributed by atoms with Crippen molar-refractivity contribution in [1.29, 1.82) is 0 Å². The molecular formula is C33H34ClN3O6S. The number of likely N-dealkylation sites (N-methyl/N-ethyl adjacent to an activating group) is 1. The minimum Gasteiger partial charge on any atom is -0.497 e. The fraction of sp³-hybridized carbons (Fsp3) is 0.212. The number of carbonyl (C=O) groups excluding carboxylic acids is 2. The third kappa shape index (κ3) is 7.50. The number of rotatable bonds is 13. The molecule has 0 saturated heterocycles. The number of nitrogens with zero attached hydrogens (tertiary/aromatic N) is 2. The topological polar surface area (TPSA) is 105 Å². The van der Waals surface area contributed by atoms with Gasteiger partial charge in [0.1, 0.15) is 24.1 Å². The molecule has 0 bridgehead atoms. The number of sulfonamides is 1. The highest BCUT2D eigenvalue weighted by molar-refractivity contribution is 7.92. The highest BCUT2D eigenvalue weighted by Crippen LogP contribution is 2.36. The number of hydrogen-bond donors (Lipinski definition) is 1. The van der Waals surface area contributed by atoms with Crippen LogP contribution in [0.25, 0.3) is 0 Å². The van der Waals surface area contributed by atoms with Gasteiger partial charge in [0.2, 0.25) is 11.8 Å². The third-order valence-electron chi connectivity index (χ3n) is 7.08. The summed E-state index contributed by atoms with van der Waals surface area (Å²) in [6, 6.07) is 27.8. The number of hydrogen-bond acceptors (Lipinski definition) is 6. The number of benzene rings is 4. The fourth-order valence-electron chi connectivity index (χ4n) is 4.76. The molecule has 0 heterocycles. The van der Waals surface area contributed by atoms with Crippen LogP contribution in [0.5, 0.6) is 11.5 Å². The van der Waals surface area contributed by atoms with Crippen molar-refractivity contribution in [2.45, 2.75) is 23.9 Å². The summed E-state index contributed by atoms with van der Waals surface area (Å²) in [5, 5.41) is 3.07. The Morgan fingerprint density at radius 1 is 0.864 bits per heavy atom. The largest absolute Gasteiger partial charge is 0.497 e. The summed E-state index contributed by atoms with van der Waals surface area (Å²) in [7, 11) is 0.0462. The molecule has 1 N–H and O–H groups in total. The van der Waals surface area contributed by atoms with Gasteiger partial charge in [0.05, 0.1) is 24.8 Å². The van der Waals surface area contributed by atoms with Crippen LogP contribution in [0, 0.1) is 0 Å². The molecule has 1 atom stereocenters. The quantitative estimate of drug-likeness (QED) is 0.223. The van der Waals surface area contributed by atoms with Gasteiger partial charge in [-0.05, 0) is 41.5 Å². The molecule has 0 saturated carbocycles. The van der Waals surface area contributed by atoms with E-state index in [0.29, 0.717) is 16.3 Å². The number of methoxy groups -OCH3 is 2. The van der Waals surface area contributed by atoms with Gasteiger partial charge in [-0.15, -0.1) is 0 Å². The summed E-state index contributed by atoms with van der Waals surface area (Å²) in [4.78, 5) is 29.2. The van der Waals surface area contributed by atoms with Crippen LogP contribution in [0.15, 0.2) is 108 Å². The molecule has 4 aromatic carbocycles. The van der Waals surface area contributed by atoms with Gasteiger partial charge >= 0.3 is 0 Å². The summed E-state index contributed by atoms with van der Waals surface area (Å²) in [5.74, 6) is -0.464. The van der Waals surface area contributed by atoms with Crippen LogP contribution >= 0.6 is 11.6 Å². The Balaban J connectivity index is 1.85. The van der Waals surface area contributed by atoms with E-state index in [1.165, 1.54) is 44.4 Å². The van der Waals surface area contributed by atoms with Crippen molar-refractivity contribution in [3.63, 3.8) is 0 Å². The fourth-order valence-corrected chi connectivity index (χ4v) is 6.39. The van der Waals surface area contributed by atoms with Gasteiger partial charge in [-0.2, -0.15) is 0 Å². The maximum Gasteiger partial charge on any atom is 0.264 e. The van der Waals surface area contributed by atoms with Crippen molar-refractivity contribution in [1.82, 2.24) is 10.2 Å². The van der Waals surface area contributed by atoms with E-state index in [9.17, 15) is 18.0 Å². The summed E-state index contributed by atoms with van der Waals surface area (Å²) < 4.78 is 40.2. The van der Waals surface area contributed by atoms with Gasteiger partial charge in [0, 0.05) is 31.1 Å². The first kappa shape index (κ1) is 32.4. The Morgan fingerprint density at radius 2 is 1.50 bits per heavy atom. The lowest BCUT2D eigenvalue weighted by Gasteiger charge is -2.34. The van der Waals surface area contributed by atoms with Crippen LogP contribution in [-0.4, -0.2) is 59.0 Å². The van der Waals surface area contributed by atoms with Crippen LogP contribution in [0.1, 0.15) is 11.1 Å². The first-order chi connectivity index (χ1) is 21.2. The second-order valence-corrected chi connectivity index (χ2v) is 12.1. The van der Waals surface area contributed by atoms with Crippen LogP contribution in [-0.2, 0) is 32.6 Å². The molecule has 2 amide bonds. The number of nitrogens with one attached hydrogen (secondary N) is 1. The Labute approximate surface area is 263 Å². The highest BCUT2D eigenvalue weighted by Gasteiger charge is 2.35. The molecule has 0 aromatic heterocycles. The predicted octanol–water partition coefficient (Wildman–Crippen LogP) is 4.94. The Bertz CT molecular complexity index is 1690. The molecular weight excluding hydrogens is 602 g/mol. The van der Waals surface area contributed by atoms with Crippen molar-refractivity contribution < 1.29 is 27.5 Å². The van der Waals surface area contributed by atoms with Crippen LogP contribution in [0.4, 0.5) is 5.69 Å². The van der Waals surface area contributed by atoms with E-state index in [-0.39, 0.29) is 29.3 Å². The lowest BCUT2D eigenvalue weighted by molar-refractivity contribution is -0.139. The van der Waals surface area contributed by atoms with E-state index in [1.807, 2.05) is 30.3 Å². The average Bonchev–Trinajstić information content (AvgIpc) is 3.06. The molecule has 9 nitrogen and oxygen atoms in total. The monoisotopic (exact) mass is 635 g/mol. The zero-order chi connectivity index (χ0) is 31.7. The number of amides is 2. The van der Waals surface area contributed by atoms with Gasteiger partial charge in [0.25, 0.3) is 10.0 Å². The lowest BCUT2D eigenvalue weighted by Crippen LogP contribution is -2.53. The normalized spacial score (nSPS) is 11.7. The second-order valence-electron chi connectivity index (χ2n) is 9.80. The first-order valence-electron chi connectivity index (χ1n) is 13.8. The van der Waals surface area contributed by atoms with E-state index < -0.39 is 34.4 Å². The summed E-state index contributed by atoms with van der Waals surface area (Å²) in [6.45, 7) is -0.689. The molecule has 4 aromatic rings. The van der Waals surface area contributed by atoms with E-state index in [1.54, 1.807) is 54.6 Å². The predicted molar refractivity (Wildman–Crippen MR) is 171 cm³/mol. The van der Waals surface area contributed by atoms with Crippen molar-refractivity contribution in [2.24, 2.45) is 0 Å². The van der Waals surface area contributed by atoms with Crippen molar-refractivity contribution in [2.75, 3.05) is 32.1 Å². The Hall–Kier alpha value is -4.54. The zero-order valence-corrected chi connectivity index (χ0v) is 26.2. The number of anilines is 1. The van der Waals surface area contributed by atoms with Crippen LogP contribution in [0.3, 0.4) is 0 Å². The molecule has 4 rings (SSSR count). The molecule has 0 aliphatic heterocycles. The Morgan fingerprint density at radius 3 is 2.11 bits per heavy atom. The van der Waals surface area contributed by atoms with Gasteiger partial charge in [-0.3, -0.25) is 13.9 Å². The van der Waals surface area contributed by atoms with Crippen molar-refractivity contribution in [3.05, 3.63) is 119 Å². The maximum atomic E-state index is 14.5. The van der Waals surface area contributed by atoms with E-state index >= 15 is 0 Å². The first-order valence-corrected chi connectivity index (χ1v) is 15.6. The van der Waals surface area contributed by atoms with Gasteiger partial charge in [-0.25, -0.2) is 8.42 Å². The third-order valence-corrected chi connectivity index (χ3v) is 9.22. The average molecular weight is 636 g/mol.